The molecule has 0 unspecified atom stereocenters. The van der Waals surface area contributed by atoms with Gasteiger partial charge in [0, 0.05) is 24.6 Å². The van der Waals surface area contributed by atoms with Crippen LogP contribution in [0.3, 0.4) is 0 Å². The molecular formula is C27H34FNO6. The Labute approximate surface area is 206 Å². The summed E-state index contributed by atoms with van der Waals surface area (Å²) >= 11 is 0. The third-order valence-electron chi connectivity index (χ3n) is 5.94. The van der Waals surface area contributed by atoms with Crippen molar-refractivity contribution >= 4 is 17.7 Å². The number of carbonyl (C=O) groups excluding carboxylic acids is 3. The maximum atomic E-state index is 13.2. The highest BCUT2D eigenvalue weighted by atomic mass is 19.1. The maximum absolute atomic E-state index is 13.2. The predicted octanol–water partition coefficient (Wildman–Crippen LogP) is 5.37. The molecular weight excluding hydrogens is 453 g/mol. The summed E-state index contributed by atoms with van der Waals surface area (Å²) in [6.45, 7) is 10.6. The summed E-state index contributed by atoms with van der Waals surface area (Å²) in [6, 6.07) is 7.53. The van der Waals surface area contributed by atoms with Gasteiger partial charge in [0.2, 0.25) is 5.75 Å². The molecule has 0 aliphatic rings. The van der Waals surface area contributed by atoms with Crippen LogP contribution in [0.25, 0.3) is 0 Å². The first kappa shape index (κ1) is 28.0. The molecule has 0 fully saturated rings. The van der Waals surface area contributed by atoms with Crippen LogP contribution in [-0.2, 0) is 14.3 Å². The van der Waals surface area contributed by atoms with Gasteiger partial charge < -0.3 is 14.2 Å². The molecule has 1 aromatic carbocycles. The summed E-state index contributed by atoms with van der Waals surface area (Å²) in [6.07, 6.45) is 0.705. The van der Waals surface area contributed by atoms with Gasteiger partial charge in [-0.1, -0.05) is 46.8 Å². The van der Waals surface area contributed by atoms with Crippen molar-refractivity contribution in [3.8, 4) is 11.5 Å². The number of hydrogen-bond donors (Lipinski definition) is 0. The number of esters is 2. The molecule has 0 saturated heterocycles. The van der Waals surface area contributed by atoms with E-state index in [4.69, 9.17) is 14.2 Å². The SMILES string of the molecule is COc1ccnc(C(=O)C[C@H](C(=O)O[C@H](C)[C@H](C)c2ccc(F)cc2)C(C)C)c1OC(=O)C(C)C. The van der Waals surface area contributed by atoms with E-state index < -0.39 is 35.7 Å². The maximum Gasteiger partial charge on any atom is 0.313 e. The zero-order chi connectivity index (χ0) is 26.3. The van der Waals surface area contributed by atoms with E-state index in [1.807, 2.05) is 20.8 Å². The Balaban J connectivity index is 2.21. The second-order valence-corrected chi connectivity index (χ2v) is 9.23. The fourth-order valence-electron chi connectivity index (χ4n) is 3.40. The fraction of sp³-hybridized carbons (Fsp3) is 0.481. The molecule has 2 aromatic rings. The van der Waals surface area contributed by atoms with Gasteiger partial charge >= 0.3 is 11.9 Å². The summed E-state index contributed by atoms with van der Waals surface area (Å²) < 4.78 is 29.6. The van der Waals surface area contributed by atoms with E-state index in [0.29, 0.717) is 0 Å². The van der Waals surface area contributed by atoms with Crippen molar-refractivity contribution in [3.63, 3.8) is 0 Å². The summed E-state index contributed by atoms with van der Waals surface area (Å²) in [5.41, 5.74) is 0.755. The number of benzene rings is 1. The van der Waals surface area contributed by atoms with Gasteiger partial charge in [0.05, 0.1) is 18.9 Å². The van der Waals surface area contributed by atoms with Gasteiger partial charge in [0.15, 0.2) is 17.2 Å². The van der Waals surface area contributed by atoms with Gasteiger partial charge in [-0.15, -0.1) is 0 Å². The van der Waals surface area contributed by atoms with E-state index in [1.54, 1.807) is 32.9 Å². The first-order chi connectivity index (χ1) is 16.5. The van der Waals surface area contributed by atoms with Crippen LogP contribution in [0.2, 0.25) is 0 Å². The van der Waals surface area contributed by atoms with Gasteiger partial charge in [-0.25, -0.2) is 9.37 Å². The van der Waals surface area contributed by atoms with Crippen LogP contribution in [-0.4, -0.2) is 35.9 Å². The summed E-state index contributed by atoms with van der Waals surface area (Å²) in [5, 5.41) is 0. The number of Topliss-reactive ketones (excluding diaryl/α,β-unsaturated/α-hetero) is 1. The molecule has 0 spiro atoms. The molecule has 0 N–H and O–H groups in total. The Kier molecular flexibility index (Phi) is 9.92. The van der Waals surface area contributed by atoms with Crippen molar-refractivity contribution in [2.24, 2.45) is 17.8 Å². The first-order valence-electron chi connectivity index (χ1n) is 11.7. The van der Waals surface area contributed by atoms with Crippen molar-refractivity contribution in [1.29, 1.82) is 0 Å². The number of rotatable bonds is 11. The van der Waals surface area contributed by atoms with Crippen molar-refractivity contribution in [1.82, 2.24) is 4.98 Å². The number of ketones is 1. The van der Waals surface area contributed by atoms with Crippen molar-refractivity contribution in [3.05, 3.63) is 53.6 Å². The van der Waals surface area contributed by atoms with E-state index in [0.717, 1.165) is 5.56 Å². The molecule has 190 valence electrons. The fourth-order valence-corrected chi connectivity index (χ4v) is 3.40. The lowest BCUT2D eigenvalue weighted by Gasteiger charge is -2.25. The largest absolute Gasteiger partial charge is 0.493 e. The zero-order valence-electron chi connectivity index (χ0n) is 21.3. The smallest absolute Gasteiger partial charge is 0.313 e. The van der Waals surface area contributed by atoms with E-state index >= 15 is 0 Å². The second-order valence-electron chi connectivity index (χ2n) is 9.23. The topological polar surface area (TPSA) is 91.8 Å². The van der Waals surface area contributed by atoms with Crippen LogP contribution in [0.4, 0.5) is 4.39 Å². The molecule has 8 heteroatoms. The highest BCUT2D eigenvalue weighted by Gasteiger charge is 2.32. The van der Waals surface area contributed by atoms with Crippen LogP contribution in [0.5, 0.6) is 11.5 Å². The standard InChI is InChI=1S/C27H34FNO6/c1-15(2)21(27(32)34-18(6)17(5)19-8-10-20(28)11-9-19)14-22(30)24-25(35-26(31)16(3)4)23(33-7)12-13-29-24/h8-13,15-18,21H,14H2,1-7H3/t17-,18+,21-/m0/s1. The minimum Gasteiger partial charge on any atom is -0.493 e. The Bertz CT molecular complexity index is 1030. The monoisotopic (exact) mass is 487 g/mol. The minimum absolute atomic E-state index is 0.0622. The van der Waals surface area contributed by atoms with Crippen LogP contribution in [0.1, 0.15) is 69.9 Å². The third-order valence-corrected chi connectivity index (χ3v) is 5.94. The van der Waals surface area contributed by atoms with Crippen LogP contribution >= 0.6 is 0 Å². The van der Waals surface area contributed by atoms with E-state index in [9.17, 15) is 18.8 Å². The molecule has 0 amide bonds. The molecule has 0 bridgehead atoms. The lowest BCUT2D eigenvalue weighted by molar-refractivity contribution is -0.155. The quantitative estimate of drug-likeness (QED) is 0.311. The lowest BCUT2D eigenvalue weighted by atomic mass is 9.89. The van der Waals surface area contributed by atoms with Gasteiger partial charge in [0.1, 0.15) is 11.9 Å². The molecule has 1 aromatic heterocycles. The molecule has 35 heavy (non-hydrogen) atoms. The number of methoxy groups -OCH3 is 1. The number of halogens is 1. The van der Waals surface area contributed by atoms with Crippen molar-refractivity contribution in [2.75, 3.05) is 7.11 Å². The van der Waals surface area contributed by atoms with Gasteiger partial charge in [-0.3, -0.25) is 14.4 Å². The van der Waals surface area contributed by atoms with Crippen molar-refractivity contribution < 1.29 is 33.0 Å². The Hall–Kier alpha value is -3.29. The van der Waals surface area contributed by atoms with Crippen LogP contribution < -0.4 is 9.47 Å². The average Bonchev–Trinajstić information content (AvgIpc) is 2.81. The molecule has 7 nitrogen and oxygen atoms in total. The normalized spacial score (nSPS) is 13.8. The number of aromatic nitrogens is 1. The van der Waals surface area contributed by atoms with Gasteiger partial charge in [-0.05, 0) is 30.5 Å². The highest BCUT2D eigenvalue weighted by molar-refractivity contribution is 6.00. The molecule has 0 radical (unpaired) electrons. The molecule has 1 heterocycles. The number of pyridine rings is 1. The molecule has 2 rings (SSSR count). The molecule has 0 aliphatic carbocycles. The highest BCUT2D eigenvalue weighted by Crippen LogP contribution is 2.33. The Morgan fingerprint density at radius 2 is 1.57 bits per heavy atom. The molecule has 3 atom stereocenters. The number of nitrogens with zero attached hydrogens (tertiary/aromatic N) is 1. The predicted molar refractivity (Wildman–Crippen MR) is 129 cm³/mol. The number of hydrogen-bond acceptors (Lipinski definition) is 7. The Morgan fingerprint density at radius 1 is 0.943 bits per heavy atom. The first-order valence-corrected chi connectivity index (χ1v) is 11.7. The van der Waals surface area contributed by atoms with Crippen LogP contribution in [0.15, 0.2) is 36.5 Å². The molecule has 0 saturated carbocycles. The summed E-state index contributed by atoms with van der Waals surface area (Å²) in [4.78, 5) is 42.6. The van der Waals surface area contributed by atoms with Gasteiger partial charge in [0.25, 0.3) is 0 Å². The Morgan fingerprint density at radius 3 is 2.11 bits per heavy atom. The lowest BCUT2D eigenvalue weighted by Crippen LogP contribution is -2.30. The van der Waals surface area contributed by atoms with E-state index in [1.165, 1.54) is 31.5 Å². The minimum atomic E-state index is -0.744. The van der Waals surface area contributed by atoms with E-state index in [2.05, 4.69) is 4.98 Å². The number of carbonyl (C=O) groups is 3. The second kappa shape index (κ2) is 12.4. The summed E-state index contributed by atoms with van der Waals surface area (Å²) in [5.74, 6) is -3.27. The zero-order valence-corrected chi connectivity index (χ0v) is 21.3. The van der Waals surface area contributed by atoms with Crippen LogP contribution in [0, 0.1) is 23.6 Å². The molecule has 0 aliphatic heterocycles. The summed E-state index contributed by atoms with van der Waals surface area (Å²) in [7, 11) is 1.40. The third kappa shape index (κ3) is 7.34. The van der Waals surface area contributed by atoms with Crippen molar-refractivity contribution in [2.45, 2.75) is 60.0 Å². The van der Waals surface area contributed by atoms with Gasteiger partial charge in [-0.2, -0.15) is 0 Å². The van der Waals surface area contributed by atoms with E-state index in [-0.39, 0.29) is 41.3 Å². The average molecular weight is 488 g/mol. The number of ether oxygens (including phenoxy) is 3.